The molecule has 5 heteroatoms. The molecule has 3 rings (SSSR count). The predicted octanol–water partition coefficient (Wildman–Crippen LogP) is 4.46. The number of hydrogen-bond donors (Lipinski definition) is 1. The van der Waals surface area contributed by atoms with Gasteiger partial charge in [0, 0.05) is 18.1 Å². The summed E-state index contributed by atoms with van der Waals surface area (Å²) in [6.45, 7) is 7.08. The summed E-state index contributed by atoms with van der Waals surface area (Å²) >= 11 is 0. The van der Waals surface area contributed by atoms with Gasteiger partial charge in [-0.15, -0.1) is 0 Å². The first-order valence-corrected chi connectivity index (χ1v) is 8.50. The second-order valence-electron chi connectivity index (χ2n) is 5.74. The monoisotopic (exact) mass is 334 g/mol. The highest BCUT2D eigenvalue weighted by Crippen LogP contribution is 2.23. The molecule has 5 nitrogen and oxygen atoms in total. The van der Waals surface area contributed by atoms with Crippen LogP contribution in [0.5, 0.6) is 5.75 Å². The molecule has 0 radical (unpaired) electrons. The Labute approximate surface area is 147 Å². The molecule has 0 atom stereocenters. The normalized spacial score (nSPS) is 10.6. The van der Waals surface area contributed by atoms with Crippen molar-refractivity contribution in [3.05, 3.63) is 60.8 Å². The van der Waals surface area contributed by atoms with Gasteiger partial charge in [-0.25, -0.2) is 9.97 Å². The van der Waals surface area contributed by atoms with E-state index in [-0.39, 0.29) is 0 Å². The van der Waals surface area contributed by atoms with Crippen molar-refractivity contribution in [3.8, 4) is 5.75 Å². The zero-order valence-electron chi connectivity index (χ0n) is 14.4. The third-order valence-corrected chi connectivity index (χ3v) is 3.84. The van der Waals surface area contributed by atoms with Crippen LogP contribution in [-0.4, -0.2) is 21.5 Å². The molecule has 1 N–H and O–H groups in total. The second-order valence-corrected chi connectivity index (χ2v) is 5.74. The van der Waals surface area contributed by atoms with Crippen molar-refractivity contribution in [2.45, 2.75) is 26.4 Å². The van der Waals surface area contributed by atoms with Gasteiger partial charge in [0.15, 0.2) is 17.4 Å². The zero-order chi connectivity index (χ0) is 17.5. The molecule has 128 valence electrons. The molecule has 2 heterocycles. The lowest BCUT2D eigenvalue weighted by atomic mass is 10.1. The van der Waals surface area contributed by atoms with Crippen LogP contribution < -0.4 is 10.1 Å². The quantitative estimate of drug-likeness (QED) is 0.616. The van der Waals surface area contributed by atoms with E-state index in [4.69, 9.17) is 4.74 Å². The number of nitrogens with one attached hydrogen (secondary N) is 1. The standard InChI is InChI=1S/C20H22N4O/c1-3-5-10-21-20-18(13-23-19(4-2)24-20)25-14-17-11-15-8-6-7-9-16(15)12-22-17/h4,6-9,11-13H,2-3,5,10,14H2,1H3,(H,21,23,24). The smallest absolute Gasteiger partial charge is 0.180 e. The van der Waals surface area contributed by atoms with Gasteiger partial charge in [-0.05, 0) is 23.9 Å². The summed E-state index contributed by atoms with van der Waals surface area (Å²) in [6, 6.07) is 10.2. The van der Waals surface area contributed by atoms with Gasteiger partial charge in [-0.1, -0.05) is 44.2 Å². The van der Waals surface area contributed by atoms with Crippen LogP contribution in [0.4, 0.5) is 5.82 Å². The molecule has 25 heavy (non-hydrogen) atoms. The molecular weight excluding hydrogens is 312 g/mol. The Bertz CT molecular complexity index is 863. The zero-order valence-corrected chi connectivity index (χ0v) is 14.4. The maximum absolute atomic E-state index is 5.92. The van der Waals surface area contributed by atoms with Crippen molar-refractivity contribution in [2.75, 3.05) is 11.9 Å². The van der Waals surface area contributed by atoms with E-state index in [0.29, 0.717) is 24.0 Å². The Kier molecular flexibility index (Phi) is 5.57. The number of unbranched alkanes of at least 4 members (excludes halogenated alkanes) is 1. The fraction of sp³-hybridized carbons (Fsp3) is 0.250. The van der Waals surface area contributed by atoms with Crippen LogP contribution in [0.1, 0.15) is 31.3 Å². The van der Waals surface area contributed by atoms with Crippen LogP contribution in [0, 0.1) is 0 Å². The number of nitrogens with zero attached hydrogens (tertiary/aromatic N) is 3. The predicted molar refractivity (Wildman–Crippen MR) is 102 cm³/mol. The van der Waals surface area contributed by atoms with E-state index >= 15 is 0 Å². The fourth-order valence-corrected chi connectivity index (χ4v) is 2.46. The Hall–Kier alpha value is -2.95. The summed E-state index contributed by atoms with van der Waals surface area (Å²) in [6.07, 6.45) is 7.35. The molecule has 0 unspecified atom stereocenters. The molecule has 2 aromatic heterocycles. The molecule has 3 aromatic rings. The fourth-order valence-electron chi connectivity index (χ4n) is 2.46. The van der Waals surface area contributed by atoms with E-state index in [1.54, 1.807) is 12.3 Å². The topological polar surface area (TPSA) is 59.9 Å². The van der Waals surface area contributed by atoms with E-state index in [9.17, 15) is 0 Å². The van der Waals surface area contributed by atoms with Crippen molar-refractivity contribution in [1.29, 1.82) is 0 Å². The Balaban J connectivity index is 1.75. The van der Waals surface area contributed by atoms with E-state index < -0.39 is 0 Å². The highest BCUT2D eigenvalue weighted by molar-refractivity contribution is 5.81. The third kappa shape index (κ3) is 4.32. The van der Waals surface area contributed by atoms with Crippen LogP contribution in [0.15, 0.2) is 49.3 Å². The molecule has 0 aliphatic heterocycles. The van der Waals surface area contributed by atoms with Crippen LogP contribution in [0.2, 0.25) is 0 Å². The number of fused-ring (bicyclic) bond motifs is 1. The van der Waals surface area contributed by atoms with Gasteiger partial charge in [0.2, 0.25) is 0 Å². The Morgan fingerprint density at radius 2 is 2.00 bits per heavy atom. The molecule has 0 bridgehead atoms. The van der Waals surface area contributed by atoms with Gasteiger partial charge >= 0.3 is 0 Å². The maximum Gasteiger partial charge on any atom is 0.180 e. The molecular formula is C20H22N4O. The van der Waals surface area contributed by atoms with Gasteiger partial charge in [-0.2, -0.15) is 0 Å². The highest BCUT2D eigenvalue weighted by Gasteiger charge is 2.08. The molecule has 0 fully saturated rings. The summed E-state index contributed by atoms with van der Waals surface area (Å²) in [5.74, 6) is 1.89. The Morgan fingerprint density at radius 3 is 2.80 bits per heavy atom. The van der Waals surface area contributed by atoms with Gasteiger partial charge in [0.1, 0.15) is 6.61 Å². The first kappa shape index (κ1) is 16.9. The average Bonchev–Trinajstić information content (AvgIpc) is 2.67. The lowest BCUT2D eigenvalue weighted by molar-refractivity contribution is 0.300. The first-order chi connectivity index (χ1) is 12.3. The summed E-state index contributed by atoms with van der Waals surface area (Å²) < 4.78 is 5.92. The van der Waals surface area contributed by atoms with E-state index in [1.165, 1.54) is 0 Å². The van der Waals surface area contributed by atoms with Crippen LogP contribution in [0.3, 0.4) is 0 Å². The number of benzene rings is 1. The summed E-state index contributed by atoms with van der Waals surface area (Å²) in [4.78, 5) is 13.1. The van der Waals surface area contributed by atoms with Gasteiger partial charge in [0.25, 0.3) is 0 Å². The molecule has 0 spiro atoms. The number of rotatable bonds is 8. The number of anilines is 1. The van der Waals surface area contributed by atoms with E-state index in [2.05, 4.69) is 39.8 Å². The SMILES string of the molecule is C=Cc1ncc(OCc2cc3ccccc3cn2)c(NCCCC)n1. The van der Waals surface area contributed by atoms with E-state index in [1.807, 2.05) is 30.5 Å². The summed E-state index contributed by atoms with van der Waals surface area (Å²) in [5.41, 5.74) is 0.867. The second kappa shape index (κ2) is 8.24. The molecule has 0 aliphatic carbocycles. The lowest BCUT2D eigenvalue weighted by Gasteiger charge is -2.12. The minimum absolute atomic E-state index is 0.365. The largest absolute Gasteiger partial charge is 0.482 e. The van der Waals surface area contributed by atoms with Crippen molar-refractivity contribution in [1.82, 2.24) is 15.0 Å². The lowest BCUT2D eigenvalue weighted by Crippen LogP contribution is -2.08. The average molecular weight is 334 g/mol. The molecule has 1 aromatic carbocycles. The minimum Gasteiger partial charge on any atom is -0.482 e. The van der Waals surface area contributed by atoms with Crippen molar-refractivity contribution in [3.63, 3.8) is 0 Å². The third-order valence-electron chi connectivity index (χ3n) is 3.84. The maximum atomic E-state index is 5.92. The van der Waals surface area contributed by atoms with Gasteiger partial charge in [-0.3, -0.25) is 4.98 Å². The molecule has 0 aliphatic rings. The van der Waals surface area contributed by atoms with Crippen molar-refractivity contribution in [2.24, 2.45) is 0 Å². The molecule has 0 saturated heterocycles. The van der Waals surface area contributed by atoms with Crippen molar-refractivity contribution < 1.29 is 4.74 Å². The van der Waals surface area contributed by atoms with Gasteiger partial charge < -0.3 is 10.1 Å². The number of ether oxygens (including phenoxy) is 1. The Morgan fingerprint density at radius 1 is 1.16 bits per heavy atom. The minimum atomic E-state index is 0.365. The number of pyridine rings is 1. The van der Waals surface area contributed by atoms with Crippen LogP contribution >= 0.6 is 0 Å². The van der Waals surface area contributed by atoms with Gasteiger partial charge in [0.05, 0.1) is 11.9 Å². The summed E-state index contributed by atoms with van der Waals surface area (Å²) in [7, 11) is 0. The first-order valence-electron chi connectivity index (χ1n) is 8.50. The summed E-state index contributed by atoms with van der Waals surface area (Å²) in [5, 5.41) is 5.58. The number of aromatic nitrogens is 3. The van der Waals surface area contributed by atoms with E-state index in [0.717, 1.165) is 35.9 Å². The van der Waals surface area contributed by atoms with Crippen molar-refractivity contribution >= 4 is 22.7 Å². The van der Waals surface area contributed by atoms with Crippen LogP contribution in [0.25, 0.3) is 16.8 Å². The van der Waals surface area contributed by atoms with Crippen LogP contribution in [-0.2, 0) is 6.61 Å². The molecule has 0 saturated carbocycles. The molecule has 0 amide bonds. The number of hydrogen-bond acceptors (Lipinski definition) is 5. The highest BCUT2D eigenvalue weighted by atomic mass is 16.5.